The largest absolute Gasteiger partial charge is 0.384 e. The Kier molecular flexibility index (Phi) is 4.90. The number of nitrogens with two attached hydrogens (primary N) is 1. The van der Waals surface area contributed by atoms with Crippen LogP contribution in [0.15, 0.2) is 30.3 Å². The number of aromatic nitrogens is 2. The second-order valence-corrected chi connectivity index (χ2v) is 4.51. The van der Waals surface area contributed by atoms with Gasteiger partial charge in [-0.15, -0.1) is 0 Å². The topological polar surface area (TPSA) is 73.1 Å². The summed E-state index contributed by atoms with van der Waals surface area (Å²) in [6.07, 6.45) is 0. The molecule has 0 unspecified atom stereocenters. The van der Waals surface area contributed by atoms with Gasteiger partial charge in [-0.05, 0) is 25.0 Å². The number of nitrogens with zero attached hydrogens (tertiary/aromatic N) is 2. The summed E-state index contributed by atoms with van der Waals surface area (Å²) >= 11 is 0. The van der Waals surface area contributed by atoms with E-state index in [1.54, 1.807) is 6.07 Å². The van der Waals surface area contributed by atoms with Gasteiger partial charge in [0.05, 0.1) is 0 Å². The first-order valence-corrected chi connectivity index (χ1v) is 6.68. The molecule has 1 aromatic heterocycles. The van der Waals surface area contributed by atoms with Crippen molar-refractivity contribution < 1.29 is 4.74 Å². The SMILES string of the molecule is CCOCc1nc(N)cc(NCc2ccccc2C)n1. The molecule has 2 rings (SSSR count). The first-order chi connectivity index (χ1) is 9.69. The molecule has 5 heteroatoms. The number of nitrogen functional groups attached to an aromatic ring is 1. The van der Waals surface area contributed by atoms with Gasteiger partial charge in [-0.1, -0.05) is 24.3 Å². The normalized spacial score (nSPS) is 10.5. The van der Waals surface area contributed by atoms with Crippen LogP contribution in [0.4, 0.5) is 11.6 Å². The van der Waals surface area contributed by atoms with E-state index in [9.17, 15) is 0 Å². The Morgan fingerprint density at radius 3 is 2.80 bits per heavy atom. The number of rotatable bonds is 6. The molecule has 0 aliphatic carbocycles. The highest BCUT2D eigenvalue weighted by atomic mass is 16.5. The summed E-state index contributed by atoms with van der Waals surface area (Å²) in [5, 5.41) is 3.27. The zero-order valence-electron chi connectivity index (χ0n) is 11.9. The highest BCUT2D eigenvalue weighted by Gasteiger charge is 2.03. The van der Waals surface area contributed by atoms with Gasteiger partial charge in [0.25, 0.3) is 0 Å². The Labute approximate surface area is 119 Å². The Morgan fingerprint density at radius 2 is 2.05 bits per heavy atom. The van der Waals surface area contributed by atoms with Gasteiger partial charge in [-0.2, -0.15) is 0 Å². The zero-order valence-corrected chi connectivity index (χ0v) is 11.9. The van der Waals surface area contributed by atoms with E-state index in [4.69, 9.17) is 10.5 Å². The van der Waals surface area contributed by atoms with Gasteiger partial charge in [0, 0.05) is 19.2 Å². The second-order valence-electron chi connectivity index (χ2n) is 4.51. The van der Waals surface area contributed by atoms with Crippen LogP contribution >= 0.6 is 0 Å². The maximum Gasteiger partial charge on any atom is 0.158 e. The molecule has 0 aliphatic heterocycles. The van der Waals surface area contributed by atoms with Crippen molar-refractivity contribution in [2.75, 3.05) is 17.7 Å². The third-order valence-electron chi connectivity index (χ3n) is 2.95. The lowest BCUT2D eigenvalue weighted by atomic mass is 10.1. The number of anilines is 2. The van der Waals surface area contributed by atoms with E-state index in [0.717, 1.165) is 5.82 Å². The van der Waals surface area contributed by atoms with Crippen LogP contribution in [-0.2, 0) is 17.9 Å². The van der Waals surface area contributed by atoms with Crippen LogP contribution in [0.5, 0.6) is 0 Å². The Morgan fingerprint density at radius 1 is 1.25 bits per heavy atom. The minimum Gasteiger partial charge on any atom is -0.384 e. The molecule has 0 radical (unpaired) electrons. The molecular formula is C15H20N4O. The highest BCUT2D eigenvalue weighted by molar-refractivity contribution is 5.45. The third kappa shape index (κ3) is 3.93. The molecule has 0 aliphatic rings. The van der Waals surface area contributed by atoms with Crippen LogP contribution in [0, 0.1) is 6.92 Å². The van der Waals surface area contributed by atoms with Gasteiger partial charge >= 0.3 is 0 Å². The summed E-state index contributed by atoms with van der Waals surface area (Å²) in [6, 6.07) is 9.97. The molecule has 0 amide bonds. The standard InChI is InChI=1S/C15H20N4O/c1-3-20-10-15-18-13(16)8-14(19-15)17-9-12-7-5-4-6-11(12)2/h4-8H,3,9-10H2,1-2H3,(H3,16,17,18,19). The number of benzene rings is 1. The predicted octanol–water partition coefficient (Wildman–Crippen LogP) is 2.52. The van der Waals surface area contributed by atoms with Crippen molar-refractivity contribution >= 4 is 11.6 Å². The average Bonchev–Trinajstić information content (AvgIpc) is 2.44. The Bertz CT molecular complexity index is 572. The minimum atomic E-state index is 0.376. The van der Waals surface area contributed by atoms with Gasteiger partial charge in [0.2, 0.25) is 0 Å². The van der Waals surface area contributed by atoms with Crippen LogP contribution in [0.2, 0.25) is 0 Å². The fourth-order valence-electron chi connectivity index (χ4n) is 1.86. The van der Waals surface area contributed by atoms with Crippen molar-refractivity contribution in [3.63, 3.8) is 0 Å². The van der Waals surface area contributed by atoms with E-state index >= 15 is 0 Å². The van der Waals surface area contributed by atoms with Gasteiger partial charge < -0.3 is 15.8 Å². The second kappa shape index (κ2) is 6.86. The molecule has 0 saturated heterocycles. The maximum absolute atomic E-state index is 5.78. The number of aryl methyl sites for hydroxylation is 1. The lowest BCUT2D eigenvalue weighted by Crippen LogP contribution is -2.08. The van der Waals surface area contributed by atoms with Crippen molar-refractivity contribution in [3.05, 3.63) is 47.3 Å². The van der Waals surface area contributed by atoms with Crippen molar-refractivity contribution in [2.24, 2.45) is 0 Å². The molecule has 0 spiro atoms. The van der Waals surface area contributed by atoms with Gasteiger partial charge in [0.1, 0.15) is 18.2 Å². The molecular weight excluding hydrogens is 252 g/mol. The van der Waals surface area contributed by atoms with Crippen molar-refractivity contribution in [1.82, 2.24) is 9.97 Å². The first kappa shape index (κ1) is 14.3. The first-order valence-electron chi connectivity index (χ1n) is 6.68. The lowest BCUT2D eigenvalue weighted by molar-refractivity contribution is 0.128. The molecule has 0 fully saturated rings. The van der Waals surface area contributed by atoms with E-state index < -0.39 is 0 Å². The van der Waals surface area contributed by atoms with Crippen molar-refractivity contribution in [3.8, 4) is 0 Å². The third-order valence-corrected chi connectivity index (χ3v) is 2.95. The zero-order chi connectivity index (χ0) is 14.4. The van der Waals surface area contributed by atoms with Crippen molar-refractivity contribution in [1.29, 1.82) is 0 Å². The molecule has 0 saturated carbocycles. The monoisotopic (exact) mass is 272 g/mol. The molecule has 3 N–H and O–H groups in total. The maximum atomic E-state index is 5.78. The number of nitrogens with one attached hydrogen (secondary N) is 1. The molecule has 106 valence electrons. The quantitative estimate of drug-likeness (QED) is 0.845. The van der Waals surface area contributed by atoms with Crippen LogP contribution in [0.25, 0.3) is 0 Å². The van der Waals surface area contributed by atoms with E-state index in [1.165, 1.54) is 11.1 Å². The van der Waals surface area contributed by atoms with Crippen LogP contribution in [0.3, 0.4) is 0 Å². The smallest absolute Gasteiger partial charge is 0.158 e. The molecule has 2 aromatic rings. The molecule has 0 atom stereocenters. The van der Waals surface area contributed by atoms with E-state index in [0.29, 0.717) is 31.4 Å². The number of ether oxygens (including phenoxy) is 1. The van der Waals surface area contributed by atoms with E-state index in [1.807, 2.05) is 19.1 Å². The molecule has 0 bridgehead atoms. The summed E-state index contributed by atoms with van der Waals surface area (Å²) in [4.78, 5) is 8.53. The summed E-state index contributed by atoms with van der Waals surface area (Å²) in [5.74, 6) is 1.76. The minimum absolute atomic E-state index is 0.376. The van der Waals surface area contributed by atoms with Crippen LogP contribution < -0.4 is 11.1 Å². The van der Waals surface area contributed by atoms with Crippen LogP contribution in [-0.4, -0.2) is 16.6 Å². The molecule has 1 aromatic carbocycles. The molecule has 5 nitrogen and oxygen atoms in total. The summed E-state index contributed by atoms with van der Waals surface area (Å²) in [6.45, 7) is 5.73. The van der Waals surface area contributed by atoms with Gasteiger partial charge in [0.15, 0.2) is 5.82 Å². The van der Waals surface area contributed by atoms with E-state index in [2.05, 4.69) is 34.3 Å². The van der Waals surface area contributed by atoms with Crippen molar-refractivity contribution in [2.45, 2.75) is 27.0 Å². The Balaban J connectivity index is 2.05. The van der Waals surface area contributed by atoms with Gasteiger partial charge in [-0.25, -0.2) is 9.97 Å². The summed E-state index contributed by atoms with van der Waals surface area (Å²) < 4.78 is 5.30. The van der Waals surface area contributed by atoms with Gasteiger partial charge in [-0.3, -0.25) is 0 Å². The number of hydrogen-bond donors (Lipinski definition) is 2. The lowest BCUT2D eigenvalue weighted by Gasteiger charge is -2.10. The molecule has 20 heavy (non-hydrogen) atoms. The fraction of sp³-hybridized carbons (Fsp3) is 0.333. The number of hydrogen-bond acceptors (Lipinski definition) is 5. The summed E-state index contributed by atoms with van der Waals surface area (Å²) in [5.41, 5.74) is 8.26. The average molecular weight is 272 g/mol. The van der Waals surface area contributed by atoms with E-state index in [-0.39, 0.29) is 0 Å². The predicted molar refractivity (Wildman–Crippen MR) is 80.3 cm³/mol. The highest BCUT2D eigenvalue weighted by Crippen LogP contribution is 2.13. The fourth-order valence-corrected chi connectivity index (χ4v) is 1.86. The Hall–Kier alpha value is -2.14. The van der Waals surface area contributed by atoms with Crippen LogP contribution in [0.1, 0.15) is 23.9 Å². The summed E-state index contributed by atoms with van der Waals surface area (Å²) in [7, 11) is 0. The molecule has 1 heterocycles.